The van der Waals surface area contributed by atoms with Crippen LogP contribution in [0, 0.1) is 6.92 Å². The van der Waals surface area contributed by atoms with E-state index in [2.05, 4.69) is 9.97 Å². The molecule has 31 heavy (non-hydrogen) atoms. The minimum absolute atomic E-state index is 0.0300. The van der Waals surface area contributed by atoms with Crippen LogP contribution in [0.3, 0.4) is 0 Å². The summed E-state index contributed by atoms with van der Waals surface area (Å²) >= 11 is 0. The van der Waals surface area contributed by atoms with E-state index in [1.54, 1.807) is 54.3 Å². The largest absolute Gasteiger partial charge is 0.508 e. The number of hydrogen-bond acceptors (Lipinski definition) is 6. The van der Waals surface area contributed by atoms with E-state index < -0.39 is 5.69 Å². The van der Waals surface area contributed by atoms with E-state index in [4.69, 9.17) is 10.5 Å². The van der Waals surface area contributed by atoms with Crippen LogP contribution in [0.1, 0.15) is 12.0 Å². The number of carbonyl (C=O) groups is 1. The van der Waals surface area contributed by atoms with E-state index in [1.807, 2.05) is 6.07 Å². The molecule has 2 aromatic carbocycles. The van der Waals surface area contributed by atoms with Gasteiger partial charge in [-0.1, -0.05) is 12.1 Å². The van der Waals surface area contributed by atoms with Gasteiger partial charge in [-0.25, -0.2) is 4.79 Å². The van der Waals surface area contributed by atoms with Gasteiger partial charge in [0, 0.05) is 30.3 Å². The Bertz CT molecular complexity index is 1170. The minimum Gasteiger partial charge on any atom is -0.508 e. The monoisotopic (exact) mass is 420 g/mol. The van der Waals surface area contributed by atoms with Gasteiger partial charge >= 0.3 is 5.69 Å². The van der Waals surface area contributed by atoms with Gasteiger partial charge in [-0.3, -0.25) is 4.79 Å². The van der Waals surface area contributed by atoms with Gasteiger partial charge in [0.2, 0.25) is 0 Å². The lowest BCUT2D eigenvalue weighted by atomic mass is 10.1. The summed E-state index contributed by atoms with van der Waals surface area (Å²) in [5.41, 5.74) is 8.59. The van der Waals surface area contributed by atoms with Crippen molar-refractivity contribution in [3.63, 3.8) is 0 Å². The number of benzene rings is 2. The van der Waals surface area contributed by atoms with Gasteiger partial charge in [0.05, 0.1) is 11.4 Å². The Morgan fingerprint density at radius 1 is 1.26 bits per heavy atom. The number of nitrogens with zero attached hydrogens (tertiary/aromatic N) is 2. The molecule has 0 bridgehead atoms. The predicted molar refractivity (Wildman–Crippen MR) is 117 cm³/mol. The molecule has 1 aromatic heterocycles. The maximum absolute atomic E-state index is 12.3. The van der Waals surface area contributed by atoms with Gasteiger partial charge < -0.3 is 25.5 Å². The summed E-state index contributed by atoms with van der Waals surface area (Å²) in [5, 5.41) is 9.74. The first kappa shape index (κ1) is 20.6. The Kier molecular flexibility index (Phi) is 5.73. The summed E-state index contributed by atoms with van der Waals surface area (Å²) < 4.78 is 5.68. The SMILES string of the molecule is Cc1cc(-c2cc(-c3cccc(OCC(=O)N4CCC(N)C4)c3)[nH]c(=O)n2)ccc1O. The zero-order chi connectivity index (χ0) is 22.0. The van der Waals surface area contributed by atoms with Crippen LogP contribution in [0.2, 0.25) is 0 Å². The molecule has 1 fully saturated rings. The fourth-order valence-corrected chi connectivity index (χ4v) is 3.58. The van der Waals surface area contributed by atoms with Crippen molar-refractivity contribution in [2.75, 3.05) is 19.7 Å². The quantitative estimate of drug-likeness (QED) is 0.581. The molecule has 8 nitrogen and oxygen atoms in total. The molecule has 1 amide bonds. The third-order valence-corrected chi connectivity index (χ3v) is 5.32. The first-order valence-corrected chi connectivity index (χ1v) is 10.1. The highest BCUT2D eigenvalue weighted by Gasteiger charge is 2.23. The molecule has 1 atom stereocenters. The van der Waals surface area contributed by atoms with E-state index in [-0.39, 0.29) is 24.3 Å². The zero-order valence-corrected chi connectivity index (χ0v) is 17.2. The predicted octanol–water partition coefficient (Wildman–Crippen LogP) is 2.06. The number of hydrogen-bond donors (Lipinski definition) is 3. The average Bonchev–Trinajstić information content (AvgIpc) is 3.20. The highest BCUT2D eigenvalue weighted by Crippen LogP contribution is 2.27. The molecule has 1 aliphatic rings. The fraction of sp³-hybridized carbons (Fsp3) is 0.261. The van der Waals surface area contributed by atoms with Crippen LogP contribution in [0.25, 0.3) is 22.5 Å². The van der Waals surface area contributed by atoms with Crippen LogP contribution in [-0.2, 0) is 4.79 Å². The first-order chi connectivity index (χ1) is 14.9. The van der Waals surface area contributed by atoms with Crippen molar-refractivity contribution >= 4 is 5.91 Å². The van der Waals surface area contributed by atoms with Crippen molar-refractivity contribution in [1.29, 1.82) is 0 Å². The smallest absolute Gasteiger partial charge is 0.345 e. The van der Waals surface area contributed by atoms with Crippen molar-refractivity contribution < 1.29 is 14.6 Å². The molecular weight excluding hydrogens is 396 g/mol. The van der Waals surface area contributed by atoms with Crippen LogP contribution in [-0.4, -0.2) is 51.6 Å². The number of rotatable bonds is 5. The molecule has 160 valence electrons. The van der Waals surface area contributed by atoms with Crippen LogP contribution >= 0.6 is 0 Å². The van der Waals surface area contributed by atoms with Crippen molar-refractivity contribution in [3.05, 3.63) is 64.6 Å². The number of aromatic hydroxyl groups is 1. The summed E-state index contributed by atoms with van der Waals surface area (Å²) in [7, 11) is 0. The van der Waals surface area contributed by atoms with Crippen molar-refractivity contribution in [3.8, 4) is 34.0 Å². The van der Waals surface area contributed by atoms with Crippen molar-refractivity contribution in [2.45, 2.75) is 19.4 Å². The molecule has 1 saturated heterocycles. The highest BCUT2D eigenvalue weighted by molar-refractivity contribution is 5.78. The molecule has 0 saturated carbocycles. The maximum atomic E-state index is 12.3. The van der Waals surface area contributed by atoms with Crippen LogP contribution < -0.4 is 16.2 Å². The fourth-order valence-electron chi connectivity index (χ4n) is 3.58. The van der Waals surface area contributed by atoms with Gasteiger partial charge in [0.25, 0.3) is 5.91 Å². The van der Waals surface area contributed by atoms with Gasteiger partial charge in [0.1, 0.15) is 11.5 Å². The molecule has 0 radical (unpaired) electrons. The van der Waals surface area contributed by atoms with Crippen LogP contribution in [0.4, 0.5) is 0 Å². The number of H-pyrrole nitrogens is 1. The molecule has 2 heterocycles. The summed E-state index contributed by atoms with van der Waals surface area (Å²) in [6.45, 7) is 2.92. The molecule has 8 heteroatoms. The summed E-state index contributed by atoms with van der Waals surface area (Å²) in [6, 6.07) is 14.0. The molecule has 4 rings (SSSR count). The maximum Gasteiger partial charge on any atom is 0.345 e. The minimum atomic E-state index is -0.481. The Balaban J connectivity index is 1.54. The molecule has 0 aliphatic carbocycles. The number of ether oxygens (including phenoxy) is 1. The van der Waals surface area contributed by atoms with Crippen molar-refractivity contribution in [1.82, 2.24) is 14.9 Å². The van der Waals surface area contributed by atoms with E-state index in [0.717, 1.165) is 17.5 Å². The second-order valence-corrected chi connectivity index (χ2v) is 7.69. The number of nitrogens with two attached hydrogens (primary N) is 1. The number of aromatic nitrogens is 2. The van der Waals surface area contributed by atoms with E-state index >= 15 is 0 Å². The molecular formula is C23H24N4O4. The summed E-state index contributed by atoms with van der Waals surface area (Å²) in [6.07, 6.45) is 0.805. The summed E-state index contributed by atoms with van der Waals surface area (Å²) in [4.78, 5) is 33.0. The summed E-state index contributed by atoms with van der Waals surface area (Å²) in [5.74, 6) is 0.610. The van der Waals surface area contributed by atoms with Crippen LogP contribution in [0.15, 0.2) is 53.3 Å². The number of nitrogens with one attached hydrogen (secondary N) is 1. The van der Waals surface area contributed by atoms with E-state index in [1.165, 1.54) is 0 Å². The Labute approximate surface area is 179 Å². The number of aryl methyl sites for hydroxylation is 1. The average molecular weight is 420 g/mol. The molecule has 0 spiro atoms. The molecule has 4 N–H and O–H groups in total. The number of likely N-dealkylation sites (tertiary alicyclic amines) is 1. The normalized spacial score (nSPS) is 15.8. The van der Waals surface area contributed by atoms with E-state index in [0.29, 0.717) is 35.8 Å². The number of aromatic amines is 1. The number of phenols is 1. The number of amides is 1. The lowest BCUT2D eigenvalue weighted by molar-refractivity contribution is -0.132. The standard InChI is InChI=1S/C23H24N4O4/c1-14-9-16(5-6-21(14)28)20-11-19(25-23(30)26-20)15-3-2-4-18(10-15)31-13-22(29)27-8-7-17(24)12-27/h2-6,9-11,17,28H,7-8,12-13,24H2,1H3,(H,25,26,30). The Morgan fingerprint density at radius 2 is 2.10 bits per heavy atom. The second kappa shape index (κ2) is 8.61. The number of carbonyl (C=O) groups excluding carboxylic acids is 1. The Morgan fingerprint density at radius 3 is 2.84 bits per heavy atom. The lowest BCUT2D eigenvalue weighted by Crippen LogP contribution is -2.35. The second-order valence-electron chi connectivity index (χ2n) is 7.69. The third-order valence-electron chi connectivity index (χ3n) is 5.32. The van der Waals surface area contributed by atoms with Gasteiger partial charge in [-0.15, -0.1) is 0 Å². The zero-order valence-electron chi connectivity index (χ0n) is 17.2. The highest BCUT2D eigenvalue weighted by atomic mass is 16.5. The molecule has 1 aliphatic heterocycles. The van der Waals surface area contributed by atoms with E-state index in [9.17, 15) is 14.7 Å². The van der Waals surface area contributed by atoms with Gasteiger partial charge in [-0.2, -0.15) is 4.98 Å². The number of phenolic OH excluding ortho intramolecular Hbond substituents is 1. The Hall–Kier alpha value is -3.65. The van der Waals surface area contributed by atoms with Crippen molar-refractivity contribution in [2.24, 2.45) is 5.73 Å². The van der Waals surface area contributed by atoms with Gasteiger partial charge in [0.15, 0.2) is 6.61 Å². The van der Waals surface area contributed by atoms with Crippen LogP contribution in [0.5, 0.6) is 11.5 Å². The third kappa shape index (κ3) is 4.75. The first-order valence-electron chi connectivity index (χ1n) is 10.1. The topological polar surface area (TPSA) is 122 Å². The lowest BCUT2D eigenvalue weighted by Gasteiger charge is -2.16. The molecule has 3 aromatic rings. The molecule has 1 unspecified atom stereocenters. The van der Waals surface area contributed by atoms with Gasteiger partial charge in [-0.05, 0) is 55.3 Å².